The monoisotopic (exact) mass is 638 g/mol. The van der Waals surface area contributed by atoms with Gasteiger partial charge >= 0.3 is 0 Å². The largest absolute Gasteiger partial charge is 0.490 e. The molecule has 0 saturated carbocycles. The molecule has 0 saturated heterocycles. The average molecular weight is 639 g/mol. The van der Waals surface area contributed by atoms with Gasteiger partial charge in [-0.15, -0.1) is 0 Å². The summed E-state index contributed by atoms with van der Waals surface area (Å²) < 4.78 is 45.7. The Morgan fingerprint density at radius 1 is 1.06 bits per heavy atom. The molecule has 7 rings (SSSR count). The maximum absolute atomic E-state index is 16.1. The van der Waals surface area contributed by atoms with Crippen LogP contribution in [0.5, 0.6) is 5.75 Å². The lowest BCUT2D eigenvalue weighted by atomic mass is 9.90. The number of carbonyl (C=O) groups is 1. The average Bonchev–Trinajstić information content (AvgIpc) is 3.81. The summed E-state index contributed by atoms with van der Waals surface area (Å²) in [4.78, 5) is 19.8. The molecule has 242 valence electrons. The highest BCUT2D eigenvalue weighted by atomic mass is 19.1. The molecule has 0 unspecified atom stereocenters. The Bertz CT molecular complexity index is 2050. The van der Waals surface area contributed by atoms with E-state index in [1.165, 1.54) is 12.1 Å². The first-order valence-electron chi connectivity index (χ1n) is 15.8. The van der Waals surface area contributed by atoms with E-state index in [4.69, 9.17) is 19.6 Å². The van der Waals surface area contributed by atoms with Crippen molar-refractivity contribution < 1.29 is 23.0 Å². The molecule has 2 atom stereocenters. The zero-order chi connectivity index (χ0) is 33.0. The fourth-order valence-electron chi connectivity index (χ4n) is 7.05. The molecule has 5 aromatic rings. The van der Waals surface area contributed by atoms with Crippen molar-refractivity contribution in [2.45, 2.75) is 45.2 Å². The molecule has 4 heterocycles. The summed E-state index contributed by atoms with van der Waals surface area (Å²) in [6, 6.07) is 9.76. The Kier molecular flexibility index (Phi) is 7.87. The van der Waals surface area contributed by atoms with E-state index in [0.29, 0.717) is 29.9 Å². The number of hydrogen-bond acceptors (Lipinski definition) is 6. The van der Waals surface area contributed by atoms with E-state index >= 15 is 4.39 Å². The SMILES string of the molecule is C=CC(=O)N1C[C@H](C)n2nc(-c3nc(-c4ccc5cnn(C)c5c4)c4c(c3-c3c(F)cc(F)cc3OCCOC)CCC4)cc2[C@H]1C. The summed E-state index contributed by atoms with van der Waals surface area (Å²) in [5.41, 5.74) is 7.15. The van der Waals surface area contributed by atoms with Crippen LogP contribution in [0.1, 0.15) is 49.2 Å². The van der Waals surface area contributed by atoms with Crippen molar-refractivity contribution in [2.75, 3.05) is 26.9 Å². The van der Waals surface area contributed by atoms with E-state index in [9.17, 15) is 9.18 Å². The Balaban J connectivity index is 1.50. The lowest BCUT2D eigenvalue weighted by molar-refractivity contribution is -0.129. The molecule has 3 aromatic heterocycles. The normalized spacial score (nSPS) is 17.2. The molecule has 0 radical (unpaired) electrons. The molecule has 9 nitrogen and oxygen atoms in total. The van der Waals surface area contributed by atoms with Gasteiger partial charge in [-0.05, 0) is 62.4 Å². The first kappa shape index (κ1) is 30.7. The van der Waals surface area contributed by atoms with Gasteiger partial charge in [-0.3, -0.25) is 14.2 Å². The third-order valence-electron chi connectivity index (χ3n) is 9.34. The van der Waals surface area contributed by atoms with E-state index < -0.39 is 11.6 Å². The van der Waals surface area contributed by atoms with E-state index in [-0.39, 0.29) is 42.5 Å². The molecule has 0 fully saturated rings. The van der Waals surface area contributed by atoms with Crippen molar-refractivity contribution in [1.82, 2.24) is 29.4 Å². The number of nitrogens with zero attached hydrogens (tertiary/aromatic N) is 6. The number of fused-ring (bicyclic) bond motifs is 3. The van der Waals surface area contributed by atoms with E-state index in [2.05, 4.69) is 17.7 Å². The second kappa shape index (κ2) is 12.0. The molecule has 0 spiro atoms. The van der Waals surface area contributed by atoms with Gasteiger partial charge in [-0.25, -0.2) is 13.8 Å². The molecule has 1 aliphatic carbocycles. The minimum atomic E-state index is -0.743. The van der Waals surface area contributed by atoms with E-state index in [0.717, 1.165) is 57.9 Å². The van der Waals surface area contributed by atoms with Crippen LogP contribution in [0.25, 0.3) is 44.7 Å². The molecular formula is C36H36F2N6O3. The van der Waals surface area contributed by atoms with Crippen LogP contribution in [0.2, 0.25) is 0 Å². The van der Waals surface area contributed by atoms with Crippen molar-refractivity contribution >= 4 is 16.8 Å². The number of benzene rings is 2. The number of halogens is 2. The van der Waals surface area contributed by atoms with Gasteiger partial charge in [0.25, 0.3) is 0 Å². The number of carbonyl (C=O) groups excluding carboxylic acids is 1. The quantitative estimate of drug-likeness (QED) is 0.141. The van der Waals surface area contributed by atoms with Gasteiger partial charge in [0.2, 0.25) is 5.91 Å². The predicted octanol–water partition coefficient (Wildman–Crippen LogP) is 6.61. The van der Waals surface area contributed by atoms with Crippen molar-refractivity contribution in [3.05, 3.63) is 83.7 Å². The number of ether oxygens (including phenoxy) is 2. The third-order valence-corrected chi connectivity index (χ3v) is 9.34. The number of amides is 1. The topological polar surface area (TPSA) is 87.3 Å². The van der Waals surface area contributed by atoms with E-state index in [1.54, 1.807) is 12.0 Å². The van der Waals surface area contributed by atoms with Crippen molar-refractivity contribution in [3.8, 4) is 39.5 Å². The molecule has 47 heavy (non-hydrogen) atoms. The molecule has 0 bridgehead atoms. The van der Waals surface area contributed by atoms with Gasteiger partial charge in [0.1, 0.15) is 29.7 Å². The number of aromatic nitrogens is 5. The fraction of sp³-hybridized carbons (Fsp3) is 0.333. The summed E-state index contributed by atoms with van der Waals surface area (Å²) in [7, 11) is 3.44. The summed E-state index contributed by atoms with van der Waals surface area (Å²) in [6.45, 7) is 8.46. The maximum Gasteiger partial charge on any atom is 0.246 e. The zero-order valence-corrected chi connectivity index (χ0v) is 26.9. The highest BCUT2D eigenvalue weighted by Gasteiger charge is 2.35. The molecule has 2 aromatic carbocycles. The zero-order valence-electron chi connectivity index (χ0n) is 26.9. The standard InChI is InChI=1S/C36H36F2N6O3/c1-6-32(45)43-19-20(2)44-29(21(43)3)17-28(41-44)36-33(34-27(38)15-24(37)16-31(34)47-13-12-46-5)25-8-7-9-26(25)35(40-36)22-10-11-23-18-39-42(4)30(23)14-22/h6,10-11,14-18,20-21H,1,7-9,12-13,19H2,2-5H3/t20-,21+/m0/s1. The van der Waals surface area contributed by atoms with Gasteiger partial charge in [0.15, 0.2) is 0 Å². The van der Waals surface area contributed by atoms with Crippen LogP contribution in [0, 0.1) is 11.6 Å². The second-order valence-corrected chi connectivity index (χ2v) is 12.3. The number of aryl methyl sites for hydroxylation is 1. The van der Waals surface area contributed by atoms with Crippen LogP contribution in [0.3, 0.4) is 0 Å². The summed E-state index contributed by atoms with van der Waals surface area (Å²) in [6.07, 6.45) is 5.43. The van der Waals surface area contributed by atoms with Crippen LogP contribution in [-0.2, 0) is 29.4 Å². The number of methoxy groups -OCH3 is 1. The highest BCUT2D eigenvalue weighted by Crippen LogP contribution is 2.47. The van der Waals surface area contributed by atoms with Crippen LogP contribution >= 0.6 is 0 Å². The van der Waals surface area contributed by atoms with Crippen molar-refractivity contribution in [2.24, 2.45) is 7.05 Å². The number of hydrogen-bond donors (Lipinski definition) is 0. The molecule has 1 amide bonds. The Morgan fingerprint density at radius 3 is 2.66 bits per heavy atom. The van der Waals surface area contributed by atoms with Gasteiger partial charge in [-0.2, -0.15) is 10.2 Å². The molecule has 11 heteroatoms. The lowest BCUT2D eigenvalue weighted by Gasteiger charge is -2.36. The van der Waals surface area contributed by atoms with Crippen molar-refractivity contribution in [1.29, 1.82) is 0 Å². The lowest BCUT2D eigenvalue weighted by Crippen LogP contribution is -2.42. The van der Waals surface area contributed by atoms with Gasteiger partial charge in [-0.1, -0.05) is 18.7 Å². The molecular weight excluding hydrogens is 602 g/mol. The molecule has 1 aliphatic heterocycles. The molecule has 0 N–H and O–H groups in total. The number of rotatable bonds is 8. The minimum absolute atomic E-state index is 0.0780. The van der Waals surface area contributed by atoms with E-state index in [1.807, 2.05) is 54.7 Å². The van der Waals surface area contributed by atoms with Crippen LogP contribution < -0.4 is 4.74 Å². The number of pyridine rings is 1. The predicted molar refractivity (Wildman–Crippen MR) is 175 cm³/mol. The van der Waals surface area contributed by atoms with Crippen LogP contribution in [0.4, 0.5) is 8.78 Å². The smallest absolute Gasteiger partial charge is 0.246 e. The second-order valence-electron chi connectivity index (χ2n) is 12.3. The minimum Gasteiger partial charge on any atom is -0.490 e. The Morgan fingerprint density at radius 2 is 1.87 bits per heavy atom. The summed E-state index contributed by atoms with van der Waals surface area (Å²) >= 11 is 0. The Hall–Kier alpha value is -4.90. The third kappa shape index (κ3) is 5.18. The maximum atomic E-state index is 16.1. The van der Waals surface area contributed by atoms with Gasteiger partial charge < -0.3 is 14.4 Å². The molecule has 2 aliphatic rings. The van der Waals surface area contributed by atoms with Crippen LogP contribution in [-0.4, -0.2) is 62.2 Å². The first-order valence-corrected chi connectivity index (χ1v) is 15.8. The van der Waals surface area contributed by atoms with Crippen molar-refractivity contribution in [3.63, 3.8) is 0 Å². The van der Waals surface area contributed by atoms with Gasteiger partial charge in [0, 0.05) is 49.3 Å². The fourth-order valence-corrected chi connectivity index (χ4v) is 7.05. The Labute approximate surface area is 271 Å². The van der Waals surface area contributed by atoms with Gasteiger partial charge in [0.05, 0.1) is 53.0 Å². The van der Waals surface area contributed by atoms with Crippen LogP contribution in [0.15, 0.2) is 55.3 Å². The first-order chi connectivity index (χ1) is 22.7. The summed E-state index contributed by atoms with van der Waals surface area (Å²) in [5.74, 6) is -1.56. The summed E-state index contributed by atoms with van der Waals surface area (Å²) in [5, 5.41) is 10.5. The highest BCUT2D eigenvalue weighted by molar-refractivity contribution is 5.91.